The van der Waals surface area contributed by atoms with Crippen LogP contribution in [-0.4, -0.2) is 32.4 Å². The third kappa shape index (κ3) is 4.53. The van der Waals surface area contributed by atoms with Crippen molar-refractivity contribution in [2.75, 3.05) is 0 Å². The number of carbonyl (C=O) groups excluding carboxylic acids is 1. The normalized spacial score (nSPS) is 11.8. The van der Waals surface area contributed by atoms with Crippen LogP contribution in [0.5, 0.6) is 0 Å². The highest BCUT2D eigenvalue weighted by molar-refractivity contribution is 9.10. The number of aromatic nitrogens is 2. The van der Waals surface area contributed by atoms with Crippen LogP contribution in [0, 0.1) is 0 Å². The van der Waals surface area contributed by atoms with Crippen molar-refractivity contribution in [1.29, 1.82) is 0 Å². The molecule has 0 spiro atoms. The molecule has 6 heteroatoms. The standard InChI is InChI=1S/C13H22BrN3O2/c1-9(2)17(12(18)19-13(3,4)5)8-11-10(14)7-15-16(11)6/h7,9H,8H2,1-6H3. The van der Waals surface area contributed by atoms with Crippen LogP contribution in [-0.2, 0) is 18.3 Å². The molecule has 1 aromatic heterocycles. The number of carbonyl (C=O) groups is 1. The highest BCUT2D eigenvalue weighted by Gasteiger charge is 2.25. The van der Waals surface area contributed by atoms with Crippen LogP contribution in [0.2, 0.25) is 0 Å². The van der Waals surface area contributed by atoms with Crippen molar-refractivity contribution < 1.29 is 9.53 Å². The van der Waals surface area contributed by atoms with Crippen molar-refractivity contribution in [3.05, 3.63) is 16.4 Å². The highest BCUT2D eigenvalue weighted by atomic mass is 79.9. The van der Waals surface area contributed by atoms with Crippen LogP contribution < -0.4 is 0 Å². The van der Waals surface area contributed by atoms with Gasteiger partial charge in [0.25, 0.3) is 0 Å². The Bertz CT molecular complexity index is 430. The monoisotopic (exact) mass is 331 g/mol. The van der Waals surface area contributed by atoms with Crippen molar-refractivity contribution in [2.45, 2.75) is 52.8 Å². The first-order chi connectivity index (χ1) is 8.61. The smallest absolute Gasteiger partial charge is 0.410 e. The van der Waals surface area contributed by atoms with Crippen LogP contribution in [0.1, 0.15) is 40.3 Å². The Balaban J connectivity index is 2.88. The summed E-state index contributed by atoms with van der Waals surface area (Å²) in [5.41, 5.74) is 0.452. The molecule has 108 valence electrons. The van der Waals surface area contributed by atoms with E-state index < -0.39 is 5.60 Å². The lowest BCUT2D eigenvalue weighted by Crippen LogP contribution is -2.40. The minimum absolute atomic E-state index is 0.0525. The number of aryl methyl sites for hydroxylation is 1. The van der Waals surface area contributed by atoms with E-state index in [0.717, 1.165) is 10.2 Å². The SMILES string of the molecule is CC(C)N(Cc1c(Br)cnn1C)C(=O)OC(C)(C)C. The summed E-state index contributed by atoms with van der Waals surface area (Å²) in [7, 11) is 1.85. The third-order valence-electron chi connectivity index (χ3n) is 2.58. The van der Waals surface area contributed by atoms with Gasteiger partial charge in [-0.3, -0.25) is 9.58 Å². The summed E-state index contributed by atoms with van der Waals surface area (Å²) in [6.07, 6.45) is 1.42. The van der Waals surface area contributed by atoms with Crippen molar-refractivity contribution >= 4 is 22.0 Å². The molecule has 0 N–H and O–H groups in total. The Labute approximate surface area is 123 Å². The number of halogens is 1. The van der Waals surface area contributed by atoms with E-state index in [0.29, 0.717) is 6.54 Å². The molecule has 0 aliphatic carbocycles. The van der Waals surface area contributed by atoms with E-state index in [2.05, 4.69) is 21.0 Å². The topological polar surface area (TPSA) is 47.4 Å². The zero-order valence-electron chi connectivity index (χ0n) is 12.4. The van der Waals surface area contributed by atoms with E-state index in [1.807, 2.05) is 41.7 Å². The van der Waals surface area contributed by atoms with Crippen LogP contribution >= 0.6 is 15.9 Å². The van der Waals surface area contributed by atoms with E-state index >= 15 is 0 Å². The zero-order valence-corrected chi connectivity index (χ0v) is 14.0. The lowest BCUT2D eigenvalue weighted by atomic mass is 10.2. The molecular weight excluding hydrogens is 310 g/mol. The van der Waals surface area contributed by atoms with E-state index in [1.165, 1.54) is 0 Å². The molecule has 1 aromatic rings. The Hall–Kier alpha value is -1.04. The number of nitrogens with zero attached hydrogens (tertiary/aromatic N) is 3. The van der Waals surface area contributed by atoms with Gasteiger partial charge in [0.1, 0.15) is 5.60 Å². The Morgan fingerprint density at radius 1 is 1.53 bits per heavy atom. The number of rotatable bonds is 3. The summed E-state index contributed by atoms with van der Waals surface area (Å²) < 4.78 is 8.08. The molecule has 19 heavy (non-hydrogen) atoms. The van der Waals surface area contributed by atoms with Gasteiger partial charge in [-0.1, -0.05) is 0 Å². The van der Waals surface area contributed by atoms with Gasteiger partial charge in [0, 0.05) is 13.1 Å². The number of amides is 1. The molecule has 0 aliphatic heterocycles. The first-order valence-corrected chi connectivity index (χ1v) is 7.07. The fraction of sp³-hybridized carbons (Fsp3) is 0.692. The minimum Gasteiger partial charge on any atom is -0.444 e. The molecule has 1 amide bonds. The van der Waals surface area contributed by atoms with Gasteiger partial charge in [-0.05, 0) is 50.5 Å². The van der Waals surface area contributed by atoms with Crippen molar-refractivity contribution in [1.82, 2.24) is 14.7 Å². The predicted octanol–water partition coefficient (Wildman–Crippen LogP) is 3.33. The van der Waals surface area contributed by atoms with Crippen molar-refractivity contribution in [3.63, 3.8) is 0 Å². The summed E-state index contributed by atoms with van der Waals surface area (Å²) in [4.78, 5) is 13.9. The molecule has 0 saturated carbocycles. The summed E-state index contributed by atoms with van der Waals surface area (Å²) in [5, 5.41) is 4.15. The molecular formula is C13H22BrN3O2. The van der Waals surface area contributed by atoms with Gasteiger partial charge < -0.3 is 4.74 Å². The average Bonchev–Trinajstić information content (AvgIpc) is 2.52. The number of hydrogen-bond acceptors (Lipinski definition) is 3. The first kappa shape index (κ1) is 16.0. The predicted molar refractivity (Wildman–Crippen MR) is 77.8 cm³/mol. The molecule has 0 radical (unpaired) electrons. The van der Waals surface area contributed by atoms with E-state index in [9.17, 15) is 4.79 Å². The maximum absolute atomic E-state index is 12.2. The fourth-order valence-corrected chi connectivity index (χ4v) is 2.03. The molecule has 1 heterocycles. The Kier molecular flexibility index (Phi) is 5.01. The number of ether oxygens (including phenoxy) is 1. The lowest BCUT2D eigenvalue weighted by molar-refractivity contribution is 0.0167. The summed E-state index contributed by atoms with van der Waals surface area (Å²) in [5.74, 6) is 0. The molecule has 5 nitrogen and oxygen atoms in total. The molecule has 0 unspecified atom stereocenters. The Morgan fingerprint density at radius 3 is 2.47 bits per heavy atom. The van der Waals surface area contributed by atoms with E-state index in [-0.39, 0.29) is 12.1 Å². The van der Waals surface area contributed by atoms with Gasteiger partial charge in [-0.15, -0.1) is 0 Å². The van der Waals surface area contributed by atoms with Gasteiger partial charge in [0.15, 0.2) is 0 Å². The van der Waals surface area contributed by atoms with Crippen LogP contribution in [0.3, 0.4) is 0 Å². The lowest BCUT2D eigenvalue weighted by Gasteiger charge is -2.30. The van der Waals surface area contributed by atoms with Crippen LogP contribution in [0.4, 0.5) is 4.79 Å². The van der Waals surface area contributed by atoms with Crippen molar-refractivity contribution in [2.24, 2.45) is 7.05 Å². The quantitative estimate of drug-likeness (QED) is 0.853. The molecule has 0 aliphatic rings. The van der Waals surface area contributed by atoms with Crippen LogP contribution in [0.15, 0.2) is 10.7 Å². The van der Waals surface area contributed by atoms with Gasteiger partial charge in [-0.2, -0.15) is 5.10 Å². The van der Waals surface area contributed by atoms with Gasteiger partial charge in [0.05, 0.1) is 22.9 Å². The van der Waals surface area contributed by atoms with Gasteiger partial charge in [0.2, 0.25) is 0 Å². The Morgan fingerprint density at radius 2 is 2.11 bits per heavy atom. The zero-order chi connectivity index (χ0) is 14.8. The van der Waals surface area contributed by atoms with Gasteiger partial charge in [-0.25, -0.2) is 4.79 Å². The molecule has 1 rings (SSSR count). The highest BCUT2D eigenvalue weighted by Crippen LogP contribution is 2.20. The van der Waals surface area contributed by atoms with Crippen molar-refractivity contribution in [3.8, 4) is 0 Å². The molecule has 0 saturated heterocycles. The molecule has 0 aromatic carbocycles. The number of hydrogen-bond donors (Lipinski definition) is 0. The second-order valence-electron chi connectivity index (χ2n) is 5.76. The second-order valence-corrected chi connectivity index (χ2v) is 6.62. The van der Waals surface area contributed by atoms with E-state index in [1.54, 1.807) is 15.8 Å². The maximum atomic E-state index is 12.2. The second kappa shape index (κ2) is 5.94. The summed E-state index contributed by atoms with van der Waals surface area (Å²) in [6.45, 7) is 9.99. The minimum atomic E-state index is -0.492. The summed E-state index contributed by atoms with van der Waals surface area (Å²) in [6, 6.07) is 0.0525. The first-order valence-electron chi connectivity index (χ1n) is 6.28. The maximum Gasteiger partial charge on any atom is 0.410 e. The molecule has 0 atom stereocenters. The summed E-state index contributed by atoms with van der Waals surface area (Å²) >= 11 is 3.44. The fourth-order valence-electron chi connectivity index (χ4n) is 1.55. The van der Waals surface area contributed by atoms with E-state index in [4.69, 9.17) is 4.74 Å². The average molecular weight is 332 g/mol. The third-order valence-corrected chi connectivity index (χ3v) is 3.24. The molecule has 0 fully saturated rings. The molecule has 0 bridgehead atoms. The largest absolute Gasteiger partial charge is 0.444 e. The van der Waals surface area contributed by atoms with Crippen LogP contribution in [0.25, 0.3) is 0 Å². The van der Waals surface area contributed by atoms with Gasteiger partial charge >= 0.3 is 6.09 Å².